The van der Waals surface area contributed by atoms with Crippen LogP contribution in [-0.4, -0.2) is 60.0 Å². The third-order valence-electron chi connectivity index (χ3n) is 5.44. The Kier molecular flexibility index (Phi) is 7.24. The predicted octanol–water partition coefficient (Wildman–Crippen LogP) is 1.30. The molecule has 2 aliphatic rings. The molecule has 2 aliphatic heterocycles. The molecular formula is C21H28N4O4. The topological polar surface area (TPSA) is 102 Å². The number of nitrogens with one attached hydrogen (secondary N) is 2. The van der Waals surface area contributed by atoms with Gasteiger partial charge in [0, 0.05) is 56.8 Å². The number of likely N-dealkylation sites (tertiary alicyclic amines) is 1. The molecule has 3 N–H and O–H groups in total. The van der Waals surface area contributed by atoms with Crippen molar-refractivity contribution < 1.29 is 19.6 Å². The normalized spacial score (nSPS) is 17.8. The van der Waals surface area contributed by atoms with Gasteiger partial charge in [-0.1, -0.05) is 18.2 Å². The van der Waals surface area contributed by atoms with Crippen LogP contribution in [0.1, 0.15) is 37.7 Å². The van der Waals surface area contributed by atoms with Crippen LogP contribution >= 0.6 is 0 Å². The van der Waals surface area contributed by atoms with Crippen LogP contribution in [-0.2, 0) is 14.4 Å². The molecule has 29 heavy (non-hydrogen) atoms. The van der Waals surface area contributed by atoms with Crippen LogP contribution in [0.25, 0.3) is 6.08 Å². The van der Waals surface area contributed by atoms with Crippen LogP contribution in [0.4, 0.5) is 5.69 Å². The van der Waals surface area contributed by atoms with Gasteiger partial charge in [-0.2, -0.15) is 0 Å². The van der Waals surface area contributed by atoms with Crippen LogP contribution in [0, 0.1) is 0 Å². The summed E-state index contributed by atoms with van der Waals surface area (Å²) in [6, 6.07) is 7.91. The van der Waals surface area contributed by atoms with E-state index in [1.165, 1.54) is 6.08 Å². The van der Waals surface area contributed by atoms with Crippen molar-refractivity contribution in [1.29, 1.82) is 0 Å². The number of anilines is 1. The number of hydrogen-bond acceptors (Lipinski definition) is 5. The lowest BCUT2D eigenvalue weighted by Gasteiger charge is -2.35. The molecule has 0 bridgehead atoms. The van der Waals surface area contributed by atoms with Crippen molar-refractivity contribution in [1.82, 2.24) is 15.7 Å². The van der Waals surface area contributed by atoms with Crippen molar-refractivity contribution in [3.8, 4) is 0 Å². The van der Waals surface area contributed by atoms with E-state index < -0.39 is 5.91 Å². The van der Waals surface area contributed by atoms with E-state index in [0.717, 1.165) is 50.1 Å². The summed E-state index contributed by atoms with van der Waals surface area (Å²) in [5, 5.41) is 11.7. The molecule has 0 saturated carbocycles. The van der Waals surface area contributed by atoms with Gasteiger partial charge in [-0.25, -0.2) is 5.48 Å². The van der Waals surface area contributed by atoms with Gasteiger partial charge >= 0.3 is 0 Å². The smallest absolute Gasteiger partial charge is 0.267 e. The van der Waals surface area contributed by atoms with E-state index in [1.54, 1.807) is 16.5 Å². The zero-order valence-corrected chi connectivity index (χ0v) is 16.5. The maximum absolute atomic E-state index is 12.2. The van der Waals surface area contributed by atoms with Crippen LogP contribution in [0.3, 0.4) is 0 Å². The highest BCUT2D eigenvalue weighted by Gasteiger charge is 2.24. The maximum Gasteiger partial charge on any atom is 0.267 e. The molecule has 0 atom stereocenters. The zero-order valence-electron chi connectivity index (χ0n) is 16.5. The van der Waals surface area contributed by atoms with Gasteiger partial charge in [-0.3, -0.25) is 19.6 Å². The summed E-state index contributed by atoms with van der Waals surface area (Å²) in [5.41, 5.74) is 3.50. The monoisotopic (exact) mass is 400 g/mol. The summed E-state index contributed by atoms with van der Waals surface area (Å²) in [5.74, 6) is -0.423. The number of nitrogens with zero attached hydrogens (tertiary/aromatic N) is 2. The first kappa shape index (κ1) is 20.9. The lowest BCUT2D eigenvalue weighted by molar-refractivity contribution is -0.128. The summed E-state index contributed by atoms with van der Waals surface area (Å²) in [6.45, 7) is 2.86. The molecule has 0 aliphatic carbocycles. The Morgan fingerprint density at radius 2 is 1.93 bits per heavy atom. The summed E-state index contributed by atoms with van der Waals surface area (Å²) in [7, 11) is 0. The van der Waals surface area contributed by atoms with E-state index in [4.69, 9.17) is 5.21 Å². The third kappa shape index (κ3) is 5.80. The van der Waals surface area contributed by atoms with E-state index in [-0.39, 0.29) is 17.9 Å². The van der Waals surface area contributed by atoms with E-state index >= 15 is 0 Å². The van der Waals surface area contributed by atoms with E-state index in [9.17, 15) is 14.4 Å². The number of piperidine rings is 1. The fraction of sp³-hybridized carbons (Fsp3) is 0.476. The van der Waals surface area contributed by atoms with Gasteiger partial charge in [0.25, 0.3) is 5.91 Å². The molecule has 156 valence electrons. The second-order valence-corrected chi connectivity index (χ2v) is 7.43. The first-order valence-corrected chi connectivity index (χ1v) is 10.1. The molecule has 1 aromatic rings. The molecule has 3 rings (SSSR count). The molecule has 2 fully saturated rings. The number of rotatable bonds is 7. The lowest BCUT2D eigenvalue weighted by Crippen LogP contribution is -2.45. The lowest BCUT2D eigenvalue weighted by atomic mass is 10.0. The summed E-state index contributed by atoms with van der Waals surface area (Å²) in [4.78, 5) is 39.1. The Labute approximate surface area is 170 Å². The minimum atomic E-state index is -0.572. The number of para-hydroxylation sites is 1. The van der Waals surface area contributed by atoms with Crippen molar-refractivity contribution in [2.75, 3.05) is 31.1 Å². The maximum atomic E-state index is 12.2. The fourth-order valence-electron chi connectivity index (χ4n) is 3.86. The van der Waals surface area contributed by atoms with Gasteiger partial charge in [0.1, 0.15) is 0 Å². The SMILES string of the molecule is O=C(/C=C/c1ccccc1N1CCC(NC(=O)CCN2CCCC2=O)CC1)NO. The second-order valence-electron chi connectivity index (χ2n) is 7.43. The number of amides is 3. The van der Waals surface area contributed by atoms with Crippen molar-refractivity contribution in [2.24, 2.45) is 0 Å². The Morgan fingerprint density at radius 1 is 1.17 bits per heavy atom. The molecule has 0 spiro atoms. The van der Waals surface area contributed by atoms with Crippen LogP contribution in [0.2, 0.25) is 0 Å². The van der Waals surface area contributed by atoms with E-state index in [2.05, 4.69) is 10.2 Å². The number of hydroxylamine groups is 1. The quantitative estimate of drug-likeness (QED) is 0.364. The number of carbonyl (C=O) groups is 3. The number of hydrogen-bond donors (Lipinski definition) is 3. The standard InChI is InChI=1S/C21H28N4O4/c26-19(11-15-25-12-3-6-21(25)28)22-17-9-13-24(14-10-17)18-5-2-1-4-16(18)7-8-20(27)23-29/h1-2,4-5,7-8,17,29H,3,6,9-15H2,(H,22,26)(H,23,27)/b8-7+. The minimum absolute atomic E-state index is 0.00139. The predicted molar refractivity (Wildman–Crippen MR) is 109 cm³/mol. The number of benzene rings is 1. The average Bonchev–Trinajstić information content (AvgIpc) is 3.16. The highest BCUT2D eigenvalue weighted by Crippen LogP contribution is 2.25. The van der Waals surface area contributed by atoms with Crippen molar-refractivity contribution in [3.63, 3.8) is 0 Å². The summed E-state index contributed by atoms with van der Waals surface area (Å²) >= 11 is 0. The first-order valence-electron chi connectivity index (χ1n) is 10.1. The Morgan fingerprint density at radius 3 is 2.62 bits per heavy atom. The largest absolute Gasteiger partial charge is 0.371 e. The first-order chi connectivity index (χ1) is 14.1. The minimum Gasteiger partial charge on any atom is -0.371 e. The van der Waals surface area contributed by atoms with Crippen LogP contribution in [0.15, 0.2) is 30.3 Å². The molecular weight excluding hydrogens is 372 g/mol. The van der Waals surface area contributed by atoms with Gasteiger partial charge in [-0.05, 0) is 37.0 Å². The molecule has 0 unspecified atom stereocenters. The Bertz CT molecular complexity index is 772. The summed E-state index contributed by atoms with van der Waals surface area (Å²) < 4.78 is 0. The molecule has 1 aromatic carbocycles. The molecule has 0 radical (unpaired) electrons. The molecule has 0 aromatic heterocycles. The van der Waals surface area contributed by atoms with Crippen LogP contribution in [0.5, 0.6) is 0 Å². The second kappa shape index (κ2) is 10.1. The summed E-state index contributed by atoms with van der Waals surface area (Å²) in [6.07, 6.45) is 6.48. The van der Waals surface area contributed by atoms with Gasteiger partial charge in [0.2, 0.25) is 11.8 Å². The van der Waals surface area contributed by atoms with E-state index in [1.807, 2.05) is 24.3 Å². The van der Waals surface area contributed by atoms with Crippen molar-refractivity contribution in [3.05, 3.63) is 35.9 Å². The highest BCUT2D eigenvalue weighted by molar-refractivity contribution is 5.91. The third-order valence-corrected chi connectivity index (χ3v) is 5.44. The van der Waals surface area contributed by atoms with Crippen molar-refractivity contribution in [2.45, 2.75) is 38.1 Å². The molecule has 2 saturated heterocycles. The molecule has 3 amide bonds. The molecule has 8 nitrogen and oxygen atoms in total. The van der Waals surface area contributed by atoms with Crippen LogP contribution < -0.4 is 15.7 Å². The highest BCUT2D eigenvalue weighted by atomic mass is 16.5. The zero-order chi connectivity index (χ0) is 20.6. The molecule has 2 heterocycles. The van der Waals surface area contributed by atoms with Gasteiger partial charge in [-0.15, -0.1) is 0 Å². The van der Waals surface area contributed by atoms with Gasteiger partial charge < -0.3 is 15.1 Å². The number of carbonyl (C=O) groups excluding carboxylic acids is 3. The fourth-order valence-corrected chi connectivity index (χ4v) is 3.86. The Balaban J connectivity index is 1.48. The Hall–Kier alpha value is -2.87. The van der Waals surface area contributed by atoms with E-state index in [0.29, 0.717) is 19.4 Å². The van der Waals surface area contributed by atoms with Crippen molar-refractivity contribution >= 4 is 29.5 Å². The van der Waals surface area contributed by atoms with Gasteiger partial charge in [0.15, 0.2) is 0 Å². The van der Waals surface area contributed by atoms with Gasteiger partial charge in [0.05, 0.1) is 0 Å². The average molecular weight is 400 g/mol. The molecule has 8 heteroatoms.